The van der Waals surface area contributed by atoms with Gasteiger partial charge in [-0.3, -0.25) is 0 Å². The van der Waals surface area contributed by atoms with Gasteiger partial charge in [0.25, 0.3) is 0 Å². The van der Waals surface area contributed by atoms with Crippen LogP contribution in [0.15, 0.2) is 5.11 Å². The van der Waals surface area contributed by atoms with E-state index in [0.29, 0.717) is 6.29 Å². The summed E-state index contributed by atoms with van der Waals surface area (Å²) >= 11 is 0. The van der Waals surface area contributed by atoms with Crippen molar-refractivity contribution in [2.45, 2.75) is 19.4 Å². The maximum Gasteiger partial charge on any atom is 0.131 e. The molecule has 0 aliphatic carbocycles. The average Bonchev–Trinajstić information content (AvgIpc) is 1.67. The second-order valence-electron chi connectivity index (χ2n) is 1.96. The number of nitrogens with zero attached hydrogens (tertiary/aromatic N) is 3. The third kappa shape index (κ3) is 2.21. The highest BCUT2D eigenvalue weighted by Gasteiger charge is 2.11. The number of hydrogen-bond donors (Lipinski definition) is 0. The molecule has 0 aromatic heterocycles. The van der Waals surface area contributed by atoms with Gasteiger partial charge in [-0.05, 0) is 19.4 Å². The molecule has 8 heavy (non-hydrogen) atoms. The van der Waals surface area contributed by atoms with Crippen LogP contribution in [0, 0.1) is 0 Å². The summed E-state index contributed by atoms with van der Waals surface area (Å²) in [5.74, 6) is 0. The molecule has 44 valence electrons. The van der Waals surface area contributed by atoms with E-state index >= 15 is 0 Å². The fourth-order valence-corrected chi connectivity index (χ4v) is 0.139. The van der Waals surface area contributed by atoms with Crippen molar-refractivity contribution in [1.82, 2.24) is 0 Å². The second-order valence-corrected chi connectivity index (χ2v) is 1.96. The van der Waals surface area contributed by atoms with Crippen LogP contribution in [0.25, 0.3) is 10.4 Å². The Morgan fingerprint density at radius 3 is 2.38 bits per heavy atom. The minimum Gasteiger partial charge on any atom is -0.303 e. The zero-order chi connectivity index (χ0) is 6.62. The maximum absolute atomic E-state index is 9.95. The Labute approximate surface area is 47.1 Å². The molecule has 0 amide bonds. The zero-order valence-electron chi connectivity index (χ0n) is 4.83. The number of hydrogen-bond acceptors (Lipinski definition) is 2. The third-order valence-corrected chi connectivity index (χ3v) is 0.591. The van der Waals surface area contributed by atoms with Crippen LogP contribution in [0.3, 0.4) is 0 Å². The van der Waals surface area contributed by atoms with Crippen LogP contribution in [0.2, 0.25) is 0 Å². The molecule has 0 fully saturated rings. The van der Waals surface area contributed by atoms with E-state index < -0.39 is 5.54 Å². The first-order valence-electron chi connectivity index (χ1n) is 2.15. The largest absolute Gasteiger partial charge is 0.303 e. The minimum atomic E-state index is -0.880. The number of carbonyl (C=O) groups excluding carboxylic acids is 1. The van der Waals surface area contributed by atoms with Gasteiger partial charge in [0.2, 0.25) is 0 Å². The number of rotatable bonds is 2. The first kappa shape index (κ1) is 6.98. The Hall–Kier alpha value is -1.02. The monoisotopic (exact) mass is 113 g/mol. The first-order valence-corrected chi connectivity index (χ1v) is 2.15. The molecular formula is C4H7N3O. The summed E-state index contributed by atoms with van der Waals surface area (Å²) < 4.78 is 0. The Morgan fingerprint density at radius 1 is 1.75 bits per heavy atom. The van der Waals surface area contributed by atoms with Crippen molar-refractivity contribution in [3.05, 3.63) is 10.4 Å². The van der Waals surface area contributed by atoms with Crippen LogP contribution < -0.4 is 0 Å². The molecule has 4 heteroatoms. The van der Waals surface area contributed by atoms with Gasteiger partial charge in [0.05, 0.1) is 5.54 Å². The van der Waals surface area contributed by atoms with Crippen molar-refractivity contribution in [2.24, 2.45) is 5.11 Å². The summed E-state index contributed by atoms with van der Waals surface area (Å²) in [4.78, 5) is 12.4. The van der Waals surface area contributed by atoms with Gasteiger partial charge >= 0.3 is 0 Å². The standard InChI is InChI=1S/C4H7N3O/c1-4(2,3-8)6-7-5/h3H,1-2H3. The van der Waals surface area contributed by atoms with E-state index in [1.807, 2.05) is 0 Å². The average molecular weight is 113 g/mol. The van der Waals surface area contributed by atoms with Crippen LogP contribution in [-0.2, 0) is 4.79 Å². The van der Waals surface area contributed by atoms with Gasteiger partial charge in [-0.2, -0.15) is 0 Å². The molecule has 0 spiro atoms. The highest BCUT2D eigenvalue weighted by molar-refractivity contribution is 5.62. The third-order valence-electron chi connectivity index (χ3n) is 0.591. The van der Waals surface area contributed by atoms with Crippen molar-refractivity contribution in [2.75, 3.05) is 0 Å². The van der Waals surface area contributed by atoms with Crippen molar-refractivity contribution in [3.63, 3.8) is 0 Å². The molecule has 0 N–H and O–H groups in total. The predicted molar refractivity (Wildman–Crippen MR) is 29.3 cm³/mol. The van der Waals surface area contributed by atoms with Gasteiger partial charge < -0.3 is 4.79 Å². The summed E-state index contributed by atoms with van der Waals surface area (Å²) in [5, 5.41) is 3.19. The summed E-state index contributed by atoms with van der Waals surface area (Å²) in [7, 11) is 0. The van der Waals surface area contributed by atoms with E-state index in [-0.39, 0.29) is 0 Å². The van der Waals surface area contributed by atoms with Gasteiger partial charge in [0, 0.05) is 4.91 Å². The summed E-state index contributed by atoms with van der Waals surface area (Å²) in [6.45, 7) is 3.08. The molecule has 0 aliphatic heterocycles. The smallest absolute Gasteiger partial charge is 0.131 e. The van der Waals surface area contributed by atoms with E-state index in [4.69, 9.17) is 5.53 Å². The Kier molecular flexibility index (Phi) is 2.03. The van der Waals surface area contributed by atoms with Gasteiger partial charge in [0.15, 0.2) is 0 Å². The lowest BCUT2D eigenvalue weighted by atomic mass is 10.1. The molecule has 0 bridgehead atoms. The number of carbonyl (C=O) groups is 1. The Bertz CT molecular complexity index is 134. The lowest BCUT2D eigenvalue weighted by molar-refractivity contribution is -0.111. The van der Waals surface area contributed by atoms with E-state index in [0.717, 1.165) is 0 Å². The van der Waals surface area contributed by atoms with Gasteiger partial charge in [-0.25, -0.2) is 0 Å². The van der Waals surface area contributed by atoms with E-state index in [1.54, 1.807) is 13.8 Å². The van der Waals surface area contributed by atoms with E-state index in [1.165, 1.54) is 0 Å². The number of aldehydes is 1. The van der Waals surface area contributed by atoms with Crippen LogP contribution >= 0.6 is 0 Å². The molecule has 0 saturated carbocycles. The van der Waals surface area contributed by atoms with Crippen molar-refractivity contribution in [3.8, 4) is 0 Å². The van der Waals surface area contributed by atoms with Gasteiger partial charge in [0.1, 0.15) is 6.29 Å². The molecule has 0 rings (SSSR count). The molecule has 0 atom stereocenters. The molecular weight excluding hydrogens is 106 g/mol. The van der Waals surface area contributed by atoms with E-state index in [2.05, 4.69) is 10.0 Å². The Morgan fingerprint density at radius 2 is 2.25 bits per heavy atom. The topological polar surface area (TPSA) is 65.8 Å². The molecule has 0 unspecified atom stereocenters. The quantitative estimate of drug-likeness (QED) is 0.230. The predicted octanol–water partition coefficient (Wildman–Crippen LogP) is 1.27. The summed E-state index contributed by atoms with van der Waals surface area (Å²) in [6, 6.07) is 0. The first-order chi connectivity index (χ1) is 3.62. The minimum absolute atomic E-state index is 0.604. The van der Waals surface area contributed by atoms with Crippen LogP contribution in [0.5, 0.6) is 0 Å². The Balaban J connectivity index is 4.11. The lowest BCUT2D eigenvalue weighted by Crippen LogP contribution is -2.16. The highest BCUT2D eigenvalue weighted by atomic mass is 16.1. The number of azide groups is 1. The van der Waals surface area contributed by atoms with Crippen molar-refractivity contribution in [1.29, 1.82) is 0 Å². The van der Waals surface area contributed by atoms with Gasteiger partial charge in [-0.15, -0.1) is 0 Å². The van der Waals surface area contributed by atoms with E-state index in [9.17, 15) is 4.79 Å². The summed E-state index contributed by atoms with van der Waals surface area (Å²) in [6.07, 6.45) is 0.604. The zero-order valence-corrected chi connectivity index (χ0v) is 4.83. The molecule has 0 radical (unpaired) electrons. The van der Waals surface area contributed by atoms with Gasteiger partial charge in [-0.1, -0.05) is 5.11 Å². The molecule has 4 nitrogen and oxygen atoms in total. The molecule has 0 heterocycles. The van der Waals surface area contributed by atoms with Crippen molar-refractivity contribution < 1.29 is 4.79 Å². The lowest BCUT2D eigenvalue weighted by Gasteiger charge is -2.03. The van der Waals surface area contributed by atoms with Crippen LogP contribution in [-0.4, -0.2) is 11.8 Å². The molecule has 0 aliphatic rings. The molecule has 0 saturated heterocycles. The highest BCUT2D eigenvalue weighted by Crippen LogP contribution is 2.02. The van der Waals surface area contributed by atoms with Crippen LogP contribution in [0.1, 0.15) is 13.8 Å². The second kappa shape index (κ2) is 2.33. The maximum atomic E-state index is 9.95. The van der Waals surface area contributed by atoms with Crippen LogP contribution in [0.4, 0.5) is 0 Å². The molecule has 0 aromatic rings. The van der Waals surface area contributed by atoms with Crippen molar-refractivity contribution >= 4 is 6.29 Å². The summed E-state index contributed by atoms with van der Waals surface area (Å²) in [5.41, 5.74) is 6.95. The normalized spacial score (nSPS) is 9.75. The fraction of sp³-hybridized carbons (Fsp3) is 0.750. The SMILES string of the molecule is CC(C)(C=O)N=[N+]=[N-]. The molecule has 0 aromatic carbocycles. The fourth-order valence-electron chi connectivity index (χ4n) is 0.139.